The number of hydrogen-bond donors (Lipinski definition) is 7. The Bertz CT molecular complexity index is 1340. The number of aliphatic hydroxyl groups excluding tert-OH is 6. The maximum absolute atomic E-state index is 14.8. The van der Waals surface area contributed by atoms with E-state index < -0.39 is 107 Å². The summed E-state index contributed by atoms with van der Waals surface area (Å²) in [6.07, 6.45) is -5.54. The molecule has 6 aliphatic rings. The summed E-state index contributed by atoms with van der Waals surface area (Å²) in [5.74, 6) is -1.20. The molecule has 7 N–H and O–H groups in total. The first-order chi connectivity index (χ1) is 22.1. The summed E-state index contributed by atoms with van der Waals surface area (Å²) in [6.45, 7) is 12.3. The monoisotopic (exact) mass is 680 g/mol. The minimum atomic E-state index is -1.67. The first kappa shape index (κ1) is 36.5. The Morgan fingerprint density at radius 1 is 0.979 bits per heavy atom. The van der Waals surface area contributed by atoms with Gasteiger partial charge in [-0.3, -0.25) is 9.59 Å². The lowest BCUT2D eigenvalue weighted by Gasteiger charge is -2.64. The van der Waals surface area contributed by atoms with Crippen molar-refractivity contribution in [3.8, 4) is 0 Å². The first-order valence-corrected chi connectivity index (χ1v) is 17.6. The molecular weight excluding hydrogens is 624 g/mol. The third-order valence-electron chi connectivity index (χ3n) is 14.5. The van der Waals surface area contributed by atoms with Gasteiger partial charge in [0.15, 0.2) is 12.1 Å². The van der Waals surface area contributed by atoms with Crippen LogP contribution in [0.15, 0.2) is 11.6 Å². The number of aliphatic hydroxyl groups is 7. The van der Waals surface area contributed by atoms with Crippen LogP contribution in [-0.2, 0) is 23.8 Å². The fraction of sp³-hybridized carbons (Fsp3) is 0.889. The molecule has 0 bridgehead atoms. The number of allylic oxidation sites excluding steroid dienone is 2. The maximum atomic E-state index is 14.8. The van der Waals surface area contributed by atoms with E-state index in [-0.39, 0.29) is 30.3 Å². The Kier molecular flexibility index (Phi) is 8.81. The molecule has 2 heterocycles. The highest BCUT2D eigenvalue weighted by Crippen LogP contribution is 2.75. The lowest BCUT2D eigenvalue weighted by molar-refractivity contribution is -0.311. The Morgan fingerprint density at radius 2 is 1.65 bits per heavy atom. The molecule has 4 aliphatic carbocycles. The summed E-state index contributed by atoms with van der Waals surface area (Å²) in [5, 5.41) is 73.5. The molecule has 3 saturated carbocycles. The largest absolute Gasteiger partial charge is 0.394 e. The van der Waals surface area contributed by atoms with E-state index >= 15 is 0 Å². The van der Waals surface area contributed by atoms with E-state index in [0.29, 0.717) is 25.7 Å². The average Bonchev–Trinajstić information content (AvgIpc) is 3.51. The second kappa shape index (κ2) is 11.6. The quantitative estimate of drug-likeness (QED) is 0.195. The van der Waals surface area contributed by atoms with Crippen molar-refractivity contribution in [1.29, 1.82) is 0 Å². The van der Waals surface area contributed by atoms with Crippen LogP contribution in [0.2, 0.25) is 0 Å². The smallest absolute Gasteiger partial charge is 0.187 e. The summed E-state index contributed by atoms with van der Waals surface area (Å²) in [4.78, 5) is 28.8. The van der Waals surface area contributed by atoms with Gasteiger partial charge in [-0.25, -0.2) is 0 Å². The number of carbonyl (C=O) groups is 2. The minimum absolute atomic E-state index is 0.0411. The molecule has 12 nitrogen and oxygen atoms in total. The third kappa shape index (κ3) is 4.84. The van der Waals surface area contributed by atoms with E-state index in [0.717, 1.165) is 5.57 Å². The van der Waals surface area contributed by atoms with Gasteiger partial charge < -0.3 is 50.0 Å². The number of ketones is 2. The number of ether oxygens (including phenoxy) is 3. The van der Waals surface area contributed by atoms with E-state index in [1.165, 1.54) is 0 Å². The lowest BCUT2D eigenvalue weighted by atomic mass is 9.38. The molecule has 0 aromatic rings. The summed E-state index contributed by atoms with van der Waals surface area (Å²) < 4.78 is 18.3. The SMILES string of the molecule is CC1(C)C(=O)[C@@H](O[C@@H]2O[C@H](CO)[C@@H](O)[C@H](O)[C@H]2O)C[C@@H]2C1=CC[C@@H]1[C@@]2(C)C(=O)C[C@]2(C)[C@@H]([C@]3(C)CCC(C(C)(O)CO)O3)[C@H](O)C[C@@]12C. The summed E-state index contributed by atoms with van der Waals surface area (Å²) in [7, 11) is 0. The van der Waals surface area contributed by atoms with Gasteiger partial charge in [0.05, 0.1) is 31.0 Å². The van der Waals surface area contributed by atoms with Gasteiger partial charge in [-0.15, -0.1) is 0 Å². The van der Waals surface area contributed by atoms with Gasteiger partial charge >= 0.3 is 0 Å². The Balaban J connectivity index is 1.33. The molecule has 2 aliphatic heterocycles. The molecular formula is C36H56O12. The molecule has 0 spiro atoms. The van der Waals surface area contributed by atoms with E-state index in [1.807, 2.05) is 27.7 Å². The number of fused-ring (bicyclic) bond motifs is 5. The zero-order valence-electron chi connectivity index (χ0n) is 29.3. The molecule has 272 valence electrons. The Morgan fingerprint density at radius 3 is 2.27 bits per heavy atom. The Hall–Kier alpha value is -1.32. The van der Waals surface area contributed by atoms with Crippen molar-refractivity contribution in [2.45, 2.75) is 147 Å². The highest BCUT2D eigenvalue weighted by Gasteiger charge is 2.75. The molecule has 6 rings (SSSR count). The van der Waals surface area contributed by atoms with Crippen LogP contribution in [0.4, 0.5) is 0 Å². The zero-order chi connectivity index (χ0) is 35.6. The third-order valence-corrected chi connectivity index (χ3v) is 14.5. The molecule has 48 heavy (non-hydrogen) atoms. The van der Waals surface area contributed by atoms with Crippen LogP contribution in [0, 0.1) is 39.4 Å². The van der Waals surface area contributed by atoms with E-state index in [2.05, 4.69) is 19.9 Å². The van der Waals surface area contributed by atoms with Crippen molar-refractivity contribution in [2.75, 3.05) is 13.2 Å². The van der Waals surface area contributed by atoms with E-state index in [1.54, 1.807) is 6.92 Å². The number of hydrogen-bond acceptors (Lipinski definition) is 12. The van der Waals surface area contributed by atoms with Crippen LogP contribution in [0.5, 0.6) is 0 Å². The zero-order valence-corrected chi connectivity index (χ0v) is 29.3. The molecule has 5 fully saturated rings. The second-order valence-electron chi connectivity index (χ2n) is 17.5. The van der Waals surface area contributed by atoms with Crippen molar-refractivity contribution in [3.05, 3.63) is 11.6 Å². The predicted molar refractivity (Wildman–Crippen MR) is 170 cm³/mol. The normalized spacial score (nSPS) is 53.0. The van der Waals surface area contributed by atoms with Gasteiger partial charge in [0, 0.05) is 23.2 Å². The number of Topliss-reactive ketones (excluding diaryl/α,β-unsaturated/α-hetero) is 2. The van der Waals surface area contributed by atoms with Crippen LogP contribution in [-0.4, -0.2) is 121 Å². The van der Waals surface area contributed by atoms with Crippen molar-refractivity contribution >= 4 is 11.6 Å². The van der Waals surface area contributed by atoms with Crippen LogP contribution in [0.1, 0.15) is 87.0 Å². The van der Waals surface area contributed by atoms with Gasteiger partial charge in [-0.1, -0.05) is 32.4 Å². The predicted octanol–water partition coefficient (Wildman–Crippen LogP) is 0.787. The maximum Gasteiger partial charge on any atom is 0.187 e. The summed E-state index contributed by atoms with van der Waals surface area (Å²) in [6, 6.07) is 0. The summed E-state index contributed by atoms with van der Waals surface area (Å²) >= 11 is 0. The van der Waals surface area contributed by atoms with Crippen LogP contribution in [0.25, 0.3) is 0 Å². The van der Waals surface area contributed by atoms with Crippen molar-refractivity contribution < 1.29 is 59.5 Å². The van der Waals surface area contributed by atoms with Gasteiger partial charge in [-0.2, -0.15) is 0 Å². The molecule has 0 aromatic carbocycles. The van der Waals surface area contributed by atoms with Crippen molar-refractivity contribution in [2.24, 2.45) is 39.4 Å². The topological polar surface area (TPSA) is 203 Å². The van der Waals surface area contributed by atoms with Gasteiger partial charge in [0.2, 0.25) is 0 Å². The second-order valence-corrected chi connectivity index (χ2v) is 17.5. The highest BCUT2D eigenvalue weighted by atomic mass is 16.7. The number of rotatable bonds is 6. The molecule has 0 amide bonds. The van der Waals surface area contributed by atoms with Crippen LogP contribution >= 0.6 is 0 Å². The molecule has 0 aromatic heterocycles. The van der Waals surface area contributed by atoms with Gasteiger partial charge in [-0.05, 0) is 82.5 Å². The van der Waals surface area contributed by atoms with Crippen molar-refractivity contribution in [1.82, 2.24) is 0 Å². The standard InChI is InChI=1S/C36H56O12/c1-31(2)17-8-9-22-32(3)13-19(39)28(35(6)11-10-24(48-35)34(5,45)16-38)33(32,4)14-23(40)36(22,7)18(17)12-20(29(31)44)46-30-27(43)26(42)25(41)21(15-37)47-30/h8,18-22,24-28,30,37-39,41-43,45H,9-16H2,1-7H3/t18-,19-,20+,21-,22+,24?,25-,26+,27-,28+,30-,32+,33-,34?,35+,36+/m1/s1. The fourth-order valence-electron chi connectivity index (χ4n) is 11.5. The molecule has 12 heteroatoms. The number of carbonyl (C=O) groups excluding carboxylic acids is 2. The fourth-order valence-corrected chi connectivity index (χ4v) is 11.5. The minimum Gasteiger partial charge on any atom is -0.394 e. The molecule has 2 saturated heterocycles. The molecule has 16 atom stereocenters. The van der Waals surface area contributed by atoms with Crippen LogP contribution < -0.4 is 0 Å². The van der Waals surface area contributed by atoms with Crippen LogP contribution in [0.3, 0.4) is 0 Å². The molecule has 0 radical (unpaired) electrons. The molecule has 2 unspecified atom stereocenters. The van der Waals surface area contributed by atoms with Gasteiger partial charge in [0.1, 0.15) is 41.9 Å². The first-order valence-electron chi connectivity index (χ1n) is 17.6. The lowest BCUT2D eigenvalue weighted by Crippen LogP contribution is -2.65. The van der Waals surface area contributed by atoms with Crippen molar-refractivity contribution in [3.63, 3.8) is 0 Å². The van der Waals surface area contributed by atoms with E-state index in [4.69, 9.17) is 14.2 Å². The van der Waals surface area contributed by atoms with Gasteiger partial charge in [0.25, 0.3) is 0 Å². The van der Waals surface area contributed by atoms with E-state index in [9.17, 15) is 45.3 Å². The highest BCUT2D eigenvalue weighted by molar-refractivity contribution is 5.94. The average molecular weight is 681 g/mol. The summed E-state index contributed by atoms with van der Waals surface area (Å²) in [5.41, 5.74) is -4.48. The Labute approximate surface area is 282 Å².